The molecule has 72 valence electrons. The van der Waals surface area contributed by atoms with Gasteiger partial charge in [-0.1, -0.05) is 13.0 Å². The van der Waals surface area contributed by atoms with Crippen LogP contribution in [0.2, 0.25) is 0 Å². The van der Waals surface area contributed by atoms with E-state index in [-0.39, 0.29) is 0 Å². The van der Waals surface area contributed by atoms with Crippen LogP contribution in [0.3, 0.4) is 0 Å². The van der Waals surface area contributed by atoms with E-state index >= 15 is 0 Å². The van der Waals surface area contributed by atoms with Crippen molar-refractivity contribution in [3.8, 4) is 11.6 Å². The maximum atomic E-state index is 5.39. The number of aryl methyl sites for hydroxylation is 2. The number of nitrogens with zero attached hydrogens (tertiary/aromatic N) is 3. The van der Waals surface area contributed by atoms with Gasteiger partial charge in [-0.25, -0.2) is 4.98 Å². The van der Waals surface area contributed by atoms with Crippen LogP contribution >= 0.6 is 0 Å². The predicted molar refractivity (Wildman–Crippen MR) is 51.6 cm³/mol. The first-order chi connectivity index (χ1) is 6.79. The van der Waals surface area contributed by atoms with Gasteiger partial charge in [-0.2, -0.15) is 0 Å². The van der Waals surface area contributed by atoms with Crippen molar-refractivity contribution >= 4 is 0 Å². The van der Waals surface area contributed by atoms with E-state index in [1.165, 1.54) is 0 Å². The highest BCUT2D eigenvalue weighted by Crippen LogP contribution is 2.15. The van der Waals surface area contributed by atoms with Crippen LogP contribution in [-0.4, -0.2) is 15.2 Å². The Hall–Kier alpha value is -1.71. The molecule has 0 atom stereocenters. The third-order valence-electron chi connectivity index (χ3n) is 1.88. The molecule has 0 aliphatic rings. The lowest BCUT2D eigenvalue weighted by Crippen LogP contribution is -1.85. The van der Waals surface area contributed by atoms with E-state index in [1.54, 1.807) is 0 Å². The fraction of sp³-hybridized carbons (Fsp3) is 0.300. The minimum absolute atomic E-state index is 0.491. The maximum absolute atomic E-state index is 5.39. The molecule has 0 spiro atoms. The second-order valence-electron chi connectivity index (χ2n) is 3.02. The largest absolute Gasteiger partial charge is 0.419 e. The van der Waals surface area contributed by atoms with Gasteiger partial charge >= 0.3 is 0 Å². The molecule has 0 fully saturated rings. The van der Waals surface area contributed by atoms with Gasteiger partial charge in [0.25, 0.3) is 5.89 Å². The lowest BCUT2D eigenvalue weighted by atomic mass is 10.3. The van der Waals surface area contributed by atoms with Gasteiger partial charge < -0.3 is 4.42 Å². The Kier molecular flexibility index (Phi) is 2.26. The number of hydrogen-bond acceptors (Lipinski definition) is 4. The highest BCUT2D eigenvalue weighted by atomic mass is 16.4. The summed E-state index contributed by atoms with van der Waals surface area (Å²) in [7, 11) is 0. The van der Waals surface area contributed by atoms with Crippen LogP contribution in [0.15, 0.2) is 22.6 Å². The molecule has 2 aromatic rings. The minimum Gasteiger partial charge on any atom is -0.419 e. The summed E-state index contributed by atoms with van der Waals surface area (Å²) in [4.78, 5) is 4.29. The molecule has 0 aliphatic carbocycles. The summed E-state index contributed by atoms with van der Waals surface area (Å²) in [5, 5.41) is 7.80. The zero-order valence-corrected chi connectivity index (χ0v) is 8.19. The summed E-state index contributed by atoms with van der Waals surface area (Å²) >= 11 is 0. The van der Waals surface area contributed by atoms with E-state index in [9.17, 15) is 0 Å². The highest BCUT2D eigenvalue weighted by molar-refractivity contribution is 5.45. The van der Waals surface area contributed by atoms with Gasteiger partial charge in [0.2, 0.25) is 5.89 Å². The normalized spacial score (nSPS) is 10.4. The molecule has 0 saturated carbocycles. The Morgan fingerprint density at radius 2 is 2.14 bits per heavy atom. The summed E-state index contributed by atoms with van der Waals surface area (Å²) in [6.07, 6.45) is 0.749. The van der Waals surface area contributed by atoms with E-state index in [1.807, 2.05) is 32.0 Å². The number of hydrogen-bond donors (Lipinski definition) is 0. The van der Waals surface area contributed by atoms with Crippen molar-refractivity contribution in [2.75, 3.05) is 0 Å². The maximum Gasteiger partial charge on any atom is 0.266 e. The van der Waals surface area contributed by atoms with Crippen molar-refractivity contribution in [2.24, 2.45) is 0 Å². The zero-order valence-electron chi connectivity index (χ0n) is 8.19. The summed E-state index contributed by atoms with van der Waals surface area (Å²) in [6, 6.07) is 5.72. The molecule has 2 aromatic heterocycles. The molecule has 14 heavy (non-hydrogen) atoms. The quantitative estimate of drug-likeness (QED) is 0.725. The molecule has 4 nitrogen and oxygen atoms in total. The Labute approximate surface area is 82.0 Å². The van der Waals surface area contributed by atoms with Gasteiger partial charge in [0.05, 0.1) is 0 Å². The van der Waals surface area contributed by atoms with E-state index in [4.69, 9.17) is 4.42 Å². The average Bonchev–Trinajstić information content (AvgIpc) is 2.66. The molecule has 0 N–H and O–H groups in total. The van der Waals surface area contributed by atoms with Crippen LogP contribution in [0.5, 0.6) is 0 Å². The molecule has 0 aliphatic heterocycles. The first kappa shape index (κ1) is 8.87. The first-order valence-electron chi connectivity index (χ1n) is 4.56. The molecule has 0 saturated heterocycles. The van der Waals surface area contributed by atoms with Crippen LogP contribution in [0.25, 0.3) is 11.6 Å². The van der Waals surface area contributed by atoms with Gasteiger partial charge in [0, 0.05) is 12.1 Å². The Balaban J connectivity index is 2.39. The van der Waals surface area contributed by atoms with Crippen molar-refractivity contribution in [3.05, 3.63) is 29.8 Å². The summed E-state index contributed by atoms with van der Waals surface area (Å²) in [5.74, 6) is 1.13. The van der Waals surface area contributed by atoms with Gasteiger partial charge in [0.15, 0.2) is 0 Å². The Morgan fingerprint density at radius 3 is 2.79 bits per heavy atom. The molecule has 4 heteroatoms. The van der Waals surface area contributed by atoms with Crippen molar-refractivity contribution in [1.82, 2.24) is 15.2 Å². The van der Waals surface area contributed by atoms with Gasteiger partial charge in [-0.15, -0.1) is 10.2 Å². The summed E-state index contributed by atoms with van der Waals surface area (Å²) < 4.78 is 5.39. The Morgan fingerprint density at radius 1 is 1.29 bits per heavy atom. The Bertz CT molecular complexity index is 436. The topological polar surface area (TPSA) is 51.8 Å². The summed E-state index contributed by atoms with van der Waals surface area (Å²) in [6.45, 7) is 3.90. The standard InChI is InChI=1S/C10H11N3O/c1-3-9-12-13-10(14-9)8-6-4-5-7(2)11-8/h4-6H,3H2,1-2H3. The monoisotopic (exact) mass is 189 g/mol. The fourth-order valence-electron chi connectivity index (χ4n) is 1.16. The molecular formula is C10H11N3O. The van der Waals surface area contributed by atoms with Gasteiger partial charge in [-0.3, -0.25) is 0 Å². The van der Waals surface area contributed by atoms with Gasteiger partial charge in [-0.05, 0) is 19.1 Å². The molecule has 0 amide bonds. The van der Waals surface area contributed by atoms with Crippen LogP contribution < -0.4 is 0 Å². The molecule has 0 radical (unpaired) electrons. The lowest BCUT2D eigenvalue weighted by molar-refractivity contribution is 0.511. The minimum atomic E-state index is 0.491. The molecule has 0 aromatic carbocycles. The lowest BCUT2D eigenvalue weighted by Gasteiger charge is -1.94. The van der Waals surface area contributed by atoms with Crippen LogP contribution in [0, 0.1) is 6.92 Å². The van der Waals surface area contributed by atoms with Crippen molar-refractivity contribution < 1.29 is 4.42 Å². The molecule has 0 bridgehead atoms. The molecule has 0 unspecified atom stereocenters. The van der Waals surface area contributed by atoms with E-state index in [0.29, 0.717) is 11.8 Å². The van der Waals surface area contributed by atoms with Crippen molar-refractivity contribution in [3.63, 3.8) is 0 Å². The highest BCUT2D eigenvalue weighted by Gasteiger charge is 2.07. The number of pyridine rings is 1. The zero-order chi connectivity index (χ0) is 9.97. The molecular weight excluding hydrogens is 178 g/mol. The van der Waals surface area contributed by atoms with E-state index in [2.05, 4.69) is 15.2 Å². The smallest absolute Gasteiger partial charge is 0.266 e. The third-order valence-corrected chi connectivity index (χ3v) is 1.88. The van der Waals surface area contributed by atoms with E-state index < -0.39 is 0 Å². The molecule has 2 rings (SSSR count). The third kappa shape index (κ3) is 1.64. The van der Waals surface area contributed by atoms with Crippen molar-refractivity contribution in [2.45, 2.75) is 20.3 Å². The fourth-order valence-corrected chi connectivity index (χ4v) is 1.16. The van der Waals surface area contributed by atoms with Crippen molar-refractivity contribution in [1.29, 1.82) is 0 Å². The average molecular weight is 189 g/mol. The van der Waals surface area contributed by atoms with Gasteiger partial charge in [0.1, 0.15) is 5.69 Å². The number of rotatable bonds is 2. The first-order valence-corrected chi connectivity index (χ1v) is 4.56. The van der Waals surface area contributed by atoms with Crippen LogP contribution in [0.1, 0.15) is 18.5 Å². The van der Waals surface area contributed by atoms with Crippen LogP contribution in [0.4, 0.5) is 0 Å². The van der Waals surface area contributed by atoms with E-state index in [0.717, 1.165) is 17.8 Å². The SMILES string of the molecule is CCc1nnc(-c2cccc(C)n2)o1. The second kappa shape index (κ2) is 3.57. The van der Waals surface area contributed by atoms with Crippen LogP contribution in [-0.2, 0) is 6.42 Å². The summed E-state index contributed by atoms with van der Waals surface area (Å²) in [5.41, 5.74) is 1.68. The number of aromatic nitrogens is 3. The predicted octanol–water partition coefficient (Wildman–Crippen LogP) is 2.00. The molecule has 2 heterocycles. The second-order valence-corrected chi connectivity index (χ2v) is 3.02.